The van der Waals surface area contributed by atoms with Crippen molar-refractivity contribution in [3.63, 3.8) is 0 Å². The normalized spacial score (nSPS) is 34.0. The first kappa shape index (κ1) is 20.6. The molecule has 0 aromatic carbocycles. The van der Waals surface area contributed by atoms with E-state index in [0.717, 1.165) is 0 Å². The van der Waals surface area contributed by atoms with Gasteiger partial charge in [0.25, 0.3) is 0 Å². The molecule has 0 saturated carbocycles. The van der Waals surface area contributed by atoms with Crippen LogP contribution in [0.2, 0.25) is 0 Å². The molecular weight excluding hydrogens is 310 g/mol. The molecule has 1 fully saturated rings. The molecule has 0 aliphatic carbocycles. The molecule has 1 heterocycles. The number of hydrogen-bond acceptors (Lipinski definition) is 10. The first-order valence-corrected chi connectivity index (χ1v) is 5.92. The fourth-order valence-corrected chi connectivity index (χ4v) is 1.39. The Labute approximate surface area is 123 Å². The minimum absolute atomic E-state index is 0.470. The minimum atomic E-state index is -2.27. The maximum absolute atomic E-state index is 9.77. The largest absolute Gasteiger partial charge is 0.479 e. The third-order valence-electron chi connectivity index (χ3n) is 2.75. The summed E-state index contributed by atoms with van der Waals surface area (Å²) in [6, 6.07) is -1.04. The summed E-state index contributed by atoms with van der Waals surface area (Å²) >= 11 is 0. The summed E-state index contributed by atoms with van der Waals surface area (Å²) < 4.78 is 4.70. The van der Waals surface area contributed by atoms with Crippen LogP contribution in [0.4, 0.5) is 0 Å². The van der Waals surface area contributed by atoms with E-state index in [4.69, 9.17) is 41.1 Å². The van der Waals surface area contributed by atoms with Gasteiger partial charge in [-0.3, -0.25) is 0 Å². The van der Waals surface area contributed by atoms with Gasteiger partial charge in [-0.15, -0.1) is 0 Å². The van der Waals surface area contributed by atoms with E-state index in [1.165, 1.54) is 0 Å². The summed E-state index contributed by atoms with van der Waals surface area (Å²) in [5.74, 6) is -3.54. The molecule has 0 spiro atoms. The Kier molecular flexibility index (Phi) is 8.36. The number of aliphatic carboxylic acids is 2. The van der Waals surface area contributed by atoms with E-state index in [2.05, 4.69) is 0 Å². The lowest BCUT2D eigenvalue weighted by Crippen LogP contribution is -2.61. The van der Waals surface area contributed by atoms with E-state index in [0.29, 0.717) is 0 Å². The van der Waals surface area contributed by atoms with Crippen molar-refractivity contribution >= 4 is 11.9 Å². The first-order valence-electron chi connectivity index (χ1n) is 5.92. The molecule has 1 aliphatic heterocycles. The van der Waals surface area contributed by atoms with E-state index < -0.39 is 61.4 Å². The third kappa shape index (κ3) is 5.43. The van der Waals surface area contributed by atoms with Crippen LogP contribution in [-0.2, 0) is 14.3 Å². The van der Waals surface area contributed by atoms with Gasteiger partial charge in [0.15, 0.2) is 18.5 Å². The lowest BCUT2D eigenvalue weighted by molar-refractivity contribution is -0.248. The number of carbonyl (C=O) groups is 2. The summed E-state index contributed by atoms with van der Waals surface area (Å²) in [7, 11) is 0. The number of carboxylic acids is 2. The van der Waals surface area contributed by atoms with Gasteiger partial charge < -0.3 is 51.3 Å². The van der Waals surface area contributed by atoms with Gasteiger partial charge in [-0.1, -0.05) is 0 Å². The molecule has 0 aromatic heterocycles. The molecule has 0 bridgehead atoms. The van der Waals surface area contributed by atoms with E-state index in [9.17, 15) is 19.8 Å². The van der Waals surface area contributed by atoms with Crippen LogP contribution < -0.4 is 5.73 Å². The highest BCUT2D eigenvalue weighted by Crippen LogP contribution is 2.17. The number of nitrogens with two attached hydrogens (primary N) is 1. The van der Waals surface area contributed by atoms with E-state index in [-0.39, 0.29) is 0 Å². The monoisotopic (exact) mass is 329 g/mol. The topological polar surface area (TPSA) is 231 Å². The maximum atomic E-state index is 9.77. The molecule has 12 heteroatoms. The average Bonchev–Trinajstić information content (AvgIpc) is 2.47. The first-order chi connectivity index (χ1) is 10.0. The molecule has 10 N–H and O–H groups in total. The van der Waals surface area contributed by atoms with Crippen molar-refractivity contribution in [2.45, 2.75) is 42.9 Å². The van der Waals surface area contributed by atoms with Gasteiger partial charge in [-0.25, -0.2) is 9.59 Å². The highest BCUT2D eigenvalue weighted by atomic mass is 16.6. The number of hydrogen-bond donors (Lipinski definition) is 9. The minimum Gasteiger partial charge on any atom is -0.479 e. The molecule has 1 aliphatic rings. The Balaban J connectivity index is 0.000000409. The molecule has 12 nitrogen and oxygen atoms in total. The van der Waals surface area contributed by atoms with Crippen LogP contribution in [0, 0.1) is 0 Å². The van der Waals surface area contributed by atoms with Crippen LogP contribution in [0.15, 0.2) is 0 Å². The fraction of sp³-hybridized carbons (Fsp3) is 0.800. The number of ether oxygens (including phenoxy) is 1. The predicted octanol–water partition coefficient (Wildman–Crippen LogP) is -5.38. The highest BCUT2D eigenvalue weighted by Gasteiger charge is 2.41. The van der Waals surface area contributed by atoms with Gasteiger partial charge in [-0.05, 0) is 0 Å². The van der Waals surface area contributed by atoms with Gasteiger partial charge in [0.05, 0.1) is 12.6 Å². The Bertz CT molecular complexity index is 355. The molecule has 22 heavy (non-hydrogen) atoms. The van der Waals surface area contributed by atoms with Crippen molar-refractivity contribution in [2.75, 3.05) is 6.61 Å². The average molecular weight is 329 g/mol. The van der Waals surface area contributed by atoms with Crippen molar-refractivity contribution in [2.24, 2.45) is 5.73 Å². The zero-order valence-corrected chi connectivity index (χ0v) is 11.1. The summed E-state index contributed by atoms with van der Waals surface area (Å²) in [5, 5.41) is 68.6. The molecule has 130 valence electrons. The second-order valence-electron chi connectivity index (χ2n) is 4.37. The number of rotatable bonds is 4. The van der Waals surface area contributed by atoms with Crippen LogP contribution in [0.1, 0.15) is 0 Å². The van der Waals surface area contributed by atoms with Crippen molar-refractivity contribution in [1.29, 1.82) is 0 Å². The fourth-order valence-electron chi connectivity index (χ4n) is 1.39. The third-order valence-corrected chi connectivity index (χ3v) is 2.75. The van der Waals surface area contributed by atoms with Crippen LogP contribution >= 0.6 is 0 Å². The van der Waals surface area contributed by atoms with Crippen LogP contribution in [0.25, 0.3) is 0 Å². The Morgan fingerprint density at radius 2 is 1.41 bits per heavy atom. The zero-order chi connectivity index (χ0) is 17.6. The Morgan fingerprint density at radius 3 is 1.73 bits per heavy atom. The molecule has 1 saturated heterocycles. The molecule has 0 radical (unpaired) electrons. The number of carboxylic acid groups (broad SMARTS) is 2. The van der Waals surface area contributed by atoms with Crippen LogP contribution in [0.5, 0.6) is 0 Å². The standard InChI is InChI=1S/C6H13NO5.C4H6O6/c7-3-5(10)4(9)2(1-8)12-6(3)11;5-1(3(7)8)2(6)4(9)10/h2-6,8-11H,1,7H2;1-2,5-6H,(H,7,8)(H,9,10)/t2-,3-,4-,5-,6-;/m1./s1. The second-order valence-corrected chi connectivity index (χ2v) is 4.37. The summed E-state index contributed by atoms with van der Waals surface area (Å²) in [6.07, 6.45) is -9.38. The maximum Gasteiger partial charge on any atom is 0.335 e. The summed E-state index contributed by atoms with van der Waals surface area (Å²) in [5.41, 5.74) is 5.26. The molecule has 2 unspecified atom stereocenters. The molecule has 7 atom stereocenters. The molecular formula is C10H19NO11. The Hall–Kier alpha value is -1.38. The lowest BCUT2D eigenvalue weighted by Gasteiger charge is -2.38. The van der Waals surface area contributed by atoms with Crippen LogP contribution in [-0.4, -0.2) is 102 Å². The van der Waals surface area contributed by atoms with E-state index >= 15 is 0 Å². The Morgan fingerprint density at radius 1 is 1.00 bits per heavy atom. The van der Waals surface area contributed by atoms with Gasteiger partial charge in [0.1, 0.15) is 18.3 Å². The smallest absolute Gasteiger partial charge is 0.335 e. The molecule has 0 aromatic rings. The summed E-state index contributed by atoms with van der Waals surface area (Å²) in [6.45, 7) is -0.470. The van der Waals surface area contributed by atoms with Gasteiger partial charge in [0.2, 0.25) is 0 Å². The van der Waals surface area contributed by atoms with E-state index in [1.807, 2.05) is 0 Å². The van der Waals surface area contributed by atoms with Gasteiger partial charge >= 0.3 is 11.9 Å². The van der Waals surface area contributed by atoms with Gasteiger partial charge in [0, 0.05) is 0 Å². The van der Waals surface area contributed by atoms with Gasteiger partial charge in [-0.2, -0.15) is 0 Å². The second kappa shape index (κ2) is 8.92. The quantitative estimate of drug-likeness (QED) is 0.235. The number of aliphatic hydroxyl groups excluding tert-OH is 6. The number of aliphatic hydroxyl groups is 6. The summed E-state index contributed by atoms with van der Waals surface area (Å²) in [4.78, 5) is 19.5. The van der Waals surface area contributed by atoms with Crippen LogP contribution in [0.3, 0.4) is 0 Å². The van der Waals surface area contributed by atoms with Crippen molar-refractivity contribution < 1.29 is 55.2 Å². The van der Waals surface area contributed by atoms with Crippen molar-refractivity contribution in [3.8, 4) is 0 Å². The lowest BCUT2D eigenvalue weighted by atomic mass is 9.98. The SMILES string of the molecule is N[C@@H]1[C@@H](O)[C@H](O)[C@@H](CO)O[C@H]1O.O=C(O)C(O)C(O)C(=O)O. The molecule has 0 amide bonds. The highest BCUT2D eigenvalue weighted by molar-refractivity contribution is 5.83. The zero-order valence-electron chi connectivity index (χ0n) is 11.1. The van der Waals surface area contributed by atoms with Crippen molar-refractivity contribution in [1.82, 2.24) is 0 Å². The van der Waals surface area contributed by atoms with E-state index in [1.54, 1.807) is 0 Å². The molecule has 1 rings (SSSR count). The van der Waals surface area contributed by atoms with Crippen molar-refractivity contribution in [3.05, 3.63) is 0 Å². The predicted molar refractivity (Wildman–Crippen MR) is 65.2 cm³/mol.